The van der Waals surface area contributed by atoms with E-state index in [1.807, 2.05) is 45.3 Å². The van der Waals surface area contributed by atoms with Gasteiger partial charge in [-0.3, -0.25) is 4.68 Å². The summed E-state index contributed by atoms with van der Waals surface area (Å²) in [5.74, 6) is -0.0816. The molecule has 0 saturated heterocycles. The topological polar surface area (TPSA) is 114 Å². The van der Waals surface area contributed by atoms with Gasteiger partial charge in [0.1, 0.15) is 23.0 Å². The number of halogens is 2. The van der Waals surface area contributed by atoms with Gasteiger partial charge in [0.25, 0.3) is 0 Å². The van der Waals surface area contributed by atoms with Gasteiger partial charge in [0.2, 0.25) is 0 Å². The third kappa shape index (κ3) is 5.47. The number of aryl methyl sites for hydroxylation is 2. The van der Waals surface area contributed by atoms with Crippen LogP contribution in [0.1, 0.15) is 22.5 Å². The highest BCUT2D eigenvalue weighted by molar-refractivity contribution is 7.60. The minimum atomic E-state index is -2.61. The monoisotopic (exact) mass is 537 g/mol. The molecule has 2 N–H and O–H groups in total. The highest BCUT2D eigenvalue weighted by Gasteiger charge is 2.19. The first-order valence-corrected chi connectivity index (χ1v) is 12.6. The lowest BCUT2D eigenvalue weighted by molar-refractivity contribution is 0.412. The summed E-state index contributed by atoms with van der Waals surface area (Å²) in [6.07, 6.45) is 3.77. The smallest absolute Gasteiger partial charge is 0.308 e. The molecule has 0 unspecified atom stereocenters. The highest BCUT2D eigenvalue weighted by atomic mass is 32.2. The second-order valence-electron chi connectivity index (χ2n) is 8.68. The van der Waals surface area contributed by atoms with E-state index in [-0.39, 0.29) is 12.1 Å². The molecule has 0 atom stereocenters. The van der Waals surface area contributed by atoms with Crippen LogP contribution < -0.4 is 4.74 Å². The zero-order chi connectivity index (χ0) is 27.6. The maximum Gasteiger partial charge on any atom is 0.308 e. The van der Waals surface area contributed by atoms with Crippen molar-refractivity contribution in [1.82, 2.24) is 19.7 Å². The molecule has 5 aromatic rings. The number of benzene rings is 2. The summed E-state index contributed by atoms with van der Waals surface area (Å²) in [6.45, 7) is 6.02. The Morgan fingerprint density at radius 3 is 2.47 bits per heavy atom. The van der Waals surface area contributed by atoms with Gasteiger partial charge in [0.05, 0.1) is 19.3 Å². The molecule has 0 radical (unpaired) electrons. The predicted octanol–water partition coefficient (Wildman–Crippen LogP) is 5.98. The Bertz CT molecular complexity index is 1760. The van der Waals surface area contributed by atoms with Crippen molar-refractivity contribution in [2.24, 2.45) is 0 Å². The van der Waals surface area contributed by atoms with Crippen LogP contribution in [0.4, 0.5) is 8.78 Å². The number of hydrogen-bond acceptors (Lipinski definition) is 6. The van der Waals surface area contributed by atoms with Gasteiger partial charge in [-0.1, -0.05) is 6.07 Å². The van der Waals surface area contributed by atoms with Crippen molar-refractivity contribution < 1.29 is 21.9 Å². The summed E-state index contributed by atoms with van der Waals surface area (Å²) in [4.78, 5) is 7.87. The molecule has 0 spiro atoms. The Hall–Kier alpha value is -4.38. The molecule has 0 saturated carbocycles. The number of aromatic amines is 1. The van der Waals surface area contributed by atoms with Crippen molar-refractivity contribution in [3.05, 3.63) is 89.0 Å². The van der Waals surface area contributed by atoms with Crippen molar-refractivity contribution in [3.63, 3.8) is 0 Å². The van der Waals surface area contributed by atoms with Crippen molar-refractivity contribution in [2.45, 2.75) is 27.3 Å². The van der Waals surface area contributed by atoms with Gasteiger partial charge in [0, 0.05) is 45.7 Å². The quantitative estimate of drug-likeness (QED) is 0.286. The van der Waals surface area contributed by atoms with E-state index in [4.69, 9.17) is 17.9 Å². The van der Waals surface area contributed by atoms with Gasteiger partial charge in [-0.2, -0.15) is 18.3 Å². The van der Waals surface area contributed by atoms with Crippen molar-refractivity contribution >= 4 is 21.5 Å². The Kier molecular flexibility index (Phi) is 7.67. The largest absolute Gasteiger partial charge is 0.496 e. The number of aromatic nitrogens is 4. The Balaban J connectivity index is 0.000000786. The third-order valence-electron chi connectivity index (χ3n) is 6.24. The lowest BCUT2D eigenvalue weighted by atomic mass is 10.00. The first-order chi connectivity index (χ1) is 18.1. The van der Waals surface area contributed by atoms with E-state index in [0.29, 0.717) is 0 Å². The average Bonchev–Trinajstić information content (AvgIpc) is 3.40. The van der Waals surface area contributed by atoms with Crippen LogP contribution in [0.5, 0.6) is 5.75 Å². The molecule has 11 heteroatoms. The molecule has 38 heavy (non-hydrogen) atoms. The van der Waals surface area contributed by atoms with Gasteiger partial charge in [0.15, 0.2) is 0 Å². The molecule has 3 aromatic heterocycles. The average molecular weight is 538 g/mol. The van der Waals surface area contributed by atoms with Gasteiger partial charge >= 0.3 is 10.5 Å². The number of hydrogen-bond donors (Lipinski definition) is 2. The van der Waals surface area contributed by atoms with Crippen LogP contribution in [-0.4, -0.2) is 35.3 Å². The fourth-order valence-electron chi connectivity index (χ4n) is 4.49. The molecule has 8 nitrogen and oxygen atoms in total. The molecular formula is C27H25F2N5O3S. The van der Waals surface area contributed by atoms with Gasteiger partial charge in [-0.05, 0) is 68.3 Å². The molecular weight excluding hydrogens is 512 g/mol. The number of H-pyrrole nitrogens is 1. The van der Waals surface area contributed by atoms with Crippen LogP contribution >= 0.6 is 0 Å². The second kappa shape index (κ2) is 10.9. The van der Waals surface area contributed by atoms with Gasteiger partial charge in [-0.25, -0.2) is 13.8 Å². The molecule has 0 amide bonds. The van der Waals surface area contributed by atoms with Crippen molar-refractivity contribution in [3.8, 4) is 28.0 Å². The van der Waals surface area contributed by atoms with Crippen LogP contribution in [0, 0.1) is 37.2 Å². The molecule has 0 fully saturated rings. The number of nitrogens with zero attached hydrogens (tertiary/aromatic N) is 3. The molecule has 3 heterocycles. The van der Waals surface area contributed by atoms with E-state index in [2.05, 4.69) is 27.2 Å². The molecule has 5 rings (SSSR count). The summed E-state index contributed by atoms with van der Waals surface area (Å²) in [7, 11) is -0.949. The summed E-state index contributed by atoms with van der Waals surface area (Å²) in [5, 5.41) is 5.60. The van der Waals surface area contributed by atoms with Crippen molar-refractivity contribution in [1.29, 1.82) is 4.78 Å². The van der Waals surface area contributed by atoms with Crippen LogP contribution in [0.2, 0.25) is 0 Å². The first kappa shape index (κ1) is 26.7. The number of rotatable bonds is 5. The predicted molar refractivity (Wildman–Crippen MR) is 141 cm³/mol. The molecule has 0 bridgehead atoms. The zero-order valence-corrected chi connectivity index (χ0v) is 22.0. The summed E-state index contributed by atoms with van der Waals surface area (Å²) in [5.41, 5.74) is 7.71. The van der Waals surface area contributed by atoms with E-state index in [1.54, 1.807) is 11.8 Å². The second-order valence-corrected chi connectivity index (χ2v) is 9.15. The van der Waals surface area contributed by atoms with Crippen LogP contribution in [-0.2, 0) is 17.0 Å². The van der Waals surface area contributed by atoms with Gasteiger partial charge in [-0.15, -0.1) is 0 Å². The lowest BCUT2D eigenvalue weighted by Crippen LogP contribution is -2.06. The SMILES string of the molecule is COc1ccc(-c2cnc3[nH]cc(-c4c(C)nn(Cc5cc(F)ccc5F)c4C)c3c2)cc1C.N=S(=O)=O. The standard InChI is InChI=1S/C27H24F2N4O.HNO2S/c1-15-9-18(5-8-25(15)34-4)19-11-22-23(13-31-27(22)30-12-19)26-16(2)32-33(17(26)3)14-20-10-21(28)6-7-24(20)29;1-4(2)3/h5-13H,14H2,1-4H3,(H,30,31);1H. The maximum atomic E-state index is 14.2. The minimum Gasteiger partial charge on any atom is -0.496 e. The fraction of sp³-hybridized carbons (Fsp3) is 0.185. The van der Waals surface area contributed by atoms with Crippen LogP contribution in [0.15, 0.2) is 54.9 Å². The summed E-state index contributed by atoms with van der Waals surface area (Å²) >= 11 is 0. The minimum absolute atomic E-state index is 0.146. The normalized spacial score (nSPS) is 10.8. The zero-order valence-electron chi connectivity index (χ0n) is 21.1. The maximum absolute atomic E-state index is 14.2. The third-order valence-corrected chi connectivity index (χ3v) is 6.24. The number of ether oxygens (including phenoxy) is 1. The van der Waals surface area contributed by atoms with E-state index in [9.17, 15) is 8.78 Å². The molecule has 0 aliphatic carbocycles. The number of fused-ring (bicyclic) bond motifs is 1. The van der Waals surface area contributed by atoms with E-state index in [1.165, 1.54) is 6.07 Å². The summed E-state index contributed by atoms with van der Waals surface area (Å²) < 4.78 is 57.8. The molecule has 0 aliphatic heterocycles. The Morgan fingerprint density at radius 1 is 1.05 bits per heavy atom. The number of nitrogens with one attached hydrogen (secondary N) is 2. The van der Waals surface area contributed by atoms with Gasteiger partial charge < -0.3 is 9.72 Å². The Morgan fingerprint density at radius 2 is 1.79 bits per heavy atom. The molecule has 196 valence electrons. The highest BCUT2D eigenvalue weighted by Crippen LogP contribution is 2.35. The number of pyridine rings is 1. The van der Waals surface area contributed by atoms with Crippen LogP contribution in [0.25, 0.3) is 33.3 Å². The molecule has 2 aromatic carbocycles. The first-order valence-electron chi connectivity index (χ1n) is 11.5. The van der Waals surface area contributed by atoms with Crippen molar-refractivity contribution in [2.75, 3.05) is 7.11 Å². The Labute approximate surface area is 219 Å². The molecule has 0 aliphatic rings. The fourth-order valence-corrected chi connectivity index (χ4v) is 4.49. The van der Waals surface area contributed by atoms with Crippen LogP contribution in [0.3, 0.4) is 0 Å². The summed E-state index contributed by atoms with van der Waals surface area (Å²) in [6, 6.07) is 11.6. The van der Waals surface area contributed by atoms with E-state index >= 15 is 0 Å². The van der Waals surface area contributed by atoms with E-state index in [0.717, 1.165) is 68.1 Å². The number of methoxy groups -OCH3 is 1. The van der Waals surface area contributed by atoms with E-state index < -0.39 is 22.1 Å². The lowest BCUT2D eigenvalue weighted by Gasteiger charge is -2.09.